The maximum Gasteiger partial charge on any atom is 0.137 e. The standard InChI is InChI=1S/C11H16N2O/c1-14-10-5-9(6-13-7-10)11(12)4-8-2-3-8/h5-8,11H,2-4,12H2,1H3/t11-/m1/s1. The van der Waals surface area contributed by atoms with Crippen molar-refractivity contribution in [3.05, 3.63) is 24.0 Å². The predicted octanol–water partition coefficient (Wildman–Crippen LogP) is 1.89. The van der Waals surface area contributed by atoms with Crippen LogP contribution in [0.2, 0.25) is 0 Å². The number of hydrogen-bond donors (Lipinski definition) is 1. The van der Waals surface area contributed by atoms with Crippen LogP contribution in [-0.2, 0) is 0 Å². The Labute approximate surface area is 84.3 Å². The molecule has 0 aliphatic heterocycles. The van der Waals surface area contributed by atoms with Gasteiger partial charge in [-0.3, -0.25) is 4.98 Å². The molecule has 76 valence electrons. The summed E-state index contributed by atoms with van der Waals surface area (Å²) in [6, 6.07) is 2.09. The van der Waals surface area contributed by atoms with Crippen LogP contribution in [-0.4, -0.2) is 12.1 Å². The van der Waals surface area contributed by atoms with Crippen LogP contribution in [0, 0.1) is 5.92 Å². The lowest BCUT2D eigenvalue weighted by molar-refractivity contribution is 0.411. The monoisotopic (exact) mass is 192 g/mol. The maximum absolute atomic E-state index is 6.06. The molecular formula is C11H16N2O. The van der Waals surface area contributed by atoms with Gasteiger partial charge in [0.1, 0.15) is 5.75 Å². The Kier molecular flexibility index (Phi) is 2.68. The summed E-state index contributed by atoms with van der Waals surface area (Å²) in [5, 5.41) is 0. The largest absolute Gasteiger partial charge is 0.495 e. The molecule has 0 aromatic carbocycles. The van der Waals surface area contributed by atoms with Gasteiger partial charge in [-0.2, -0.15) is 0 Å². The molecule has 0 amide bonds. The second-order valence-corrected chi connectivity index (χ2v) is 3.94. The summed E-state index contributed by atoms with van der Waals surface area (Å²) in [6.45, 7) is 0. The first kappa shape index (κ1) is 9.46. The van der Waals surface area contributed by atoms with Crippen LogP contribution in [0.3, 0.4) is 0 Å². The molecule has 2 rings (SSSR count). The molecule has 1 aromatic heterocycles. The highest BCUT2D eigenvalue weighted by Crippen LogP contribution is 2.36. The summed E-state index contributed by atoms with van der Waals surface area (Å²) in [5.74, 6) is 1.63. The lowest BCUT2D eigenvalue weighted by Gasteiger charge is -2.11. The topological polar surface area (TPSA) is 48.1 Å². The van der Waals surface area contributed by atoms with Crippen LogP contribution in [0.1, 0.15) is 30.9 Å². The minimum Gasteiger partial charge on any atom is -0.495 e. The van der Waals surface area contributed by atoms with Crippen molar-refractivity contribution in [1.82, 2.24) is 4.98 Å². The zero-order valence-corrected chi connectivity index (χ0v) is 8.44. The third kappa shape index (κ3) is 2.23. The van der Waals surface area contributed by atoms with Gasteiger partial charge in [0.25, 0.3) is 0 Å². The Bertz CT molecular complexity index is 310. The average Bonchev–Trinajstić information content (AvgIpc) is 3.02. The van der Waals surface area contributed by atoms with Gasteiger partial charge >= 0.3 is 0 Å². The van der Waals surface area contributed by atoms with Crippen molar-refractivity contribution in [2.45, 2.75) is 25.3 Å². The lowest BCUT2D eigenvalue weighted by atomic mass is 10.0. The molecule has 1 saturated carbocycles. The lowest BCUT2D eigenvalue weighted by Crippen LogP contribution is -2.11. The Balaban J connectivity index is 2.05. The van der Waals surface area contributed by atoms with Gasteiger partial charge in [-0.05, 0) is 24.0 Å². The normalized spacial score (nSPS) is 17.9. The summed E-state index contributed by atoms with van der Waals surface area (Å²) < 4.78 is 5.11. The van der Waals surface area contributed by atoms with Crippen molar-refractivity contribution in [3.63, 3.8) is 0 Å². The van der Waals surface area contributed by atoms with Crippen LogP contribution in [0.5, 0.6) is 5.75 Å². The fourth-order valence-corrected chi connectivity index (χ4v) is 1.60. The summed E-state index contributed by atoms with van der Waals surface area (Å²) in [4.78, 5) is 4.10. The summed E-state index contributed by atoms with van der Waals surface area (Å²) in [5.41, 5.74) is 7.14. The molecule has 14 heavy (non-hydrogen) atoms. The van der Waals surface area contributed by atoms with Crippen molar-refractivity contribution >= 4 is 0 Å². The molecular weight excluding hydrogens is 176 g/mol. The first-order valence-corrected chi connectivity index (χ1v) is 5.04. The minimum absolute atomic E-state index is 0.116. The molecule has 1 atom stereocenters. The molecule has 3 heteroatoms. The molecule has 0 radical (unpaired) electrons. The van der Waals surface area contributed by atoms with Crippen LogP contribution in [0.25, 0.3) is 0 Å². The van der Waals surface area contributed by atoms with Gasteiger partial charge < -0.3 is 10.5 Å². The Hall–Kier alpha value is -1.09. The highest BCUT2D eigenvalue weighted by atomic mass is 16.5. The van der Waals surface area contributed by atoms with Crippen LogP contribution in [0.15, 0.2) is 18.5 Å². The molecule has 1 fully saturated rings. The van der Waals surface area contributed by atoms with E-state index in [1.54, 1.807) is 13.3 Å². The van der Waals surface area contributed by atoms with Gasteiger partial charge in [0.15, 0.2) is 0 Å². The van der Waals surface area contributed by atoms with E-state index in [0.29, 0.717) is 0 Å². The Morgan fingerprint density at radius 3 is 3.00 bits per heavy atom. The summed E-state index contributed by atoms with van der Waals surface area (Å²) in [7, 11) is 1.65. The van der Waals surface area contributed by atoms with E-state index in [2.05, 4.69) is 4.98 Å². The Morgan fingerprint density at radius 1 is 1.57 bits per heavy atom. The SMILES string of the molecule is COc1cncc([C@H](N)CC2CC2)c1. The third-order valence-electron chi connectivity index (χ3n) is 2.68. The number of nitrogens with two attached hydrogens (primary N) is 1. The van der Waals surface area contributed by atoms with E-state index < -0.39 is 0 Å². The number of methoxy groups -OCH3 is 1. The van der Waals surface area contributed by atoms with Crippen molar-refractivity contribution in [1.29, 1.82) is 0 Å². The maximum atomic E-state index is 6.06. The van der Waals surface area contributed by atoms with Gasteiger partial charge in [-0.25, -0.2) is 0 Å². The fraction of sp³-hybridized carbons (Fsp3) is 0.545. The molecule has 1 aromatic rings. The number of aromatic nitrogens is 1. The quantitative estimate of drug-likeness (QED) is 0.792. The molecule has 0 unspecified atom stereocenters. The van der Waals surface area contributed by atoms with E-state index in [9.17, 15) is 0 Å². The molecule has 1 heterocycles. The smallest absolute Gasteiger partial charge is 0.137 e. The molecule has 0 bridgehead atoms. The number of hydrogen-bond acceptors (Lipinski definition) is 3. The van der Waals surface area contributed by atoms with Crippen molar-refractivity contribution < 1.29 is 4.74 Å². The first-order chi connectivity index (χ1) is 6.79. The number of ether oxygens (including phenoxy) is 1. The highest BCUT2D eigenvalue weighted by molar-refractivity contribution is 5.25. The summed E-state index contributed by atoms with van der Waals surface area (Å²) in [6.07, 6.45) is 7.29. The van der Waals surface area contributed by atoms with Crippen molar-refractivity contribution in [2.75, 3.05) is 7.11 Å². The molecule has 1 aliphatic rings. The zero-order chi connectivity index (χ0) is 9.97. The van der Waals surface area contributed by atoms with Crippen LogP contribution in [0.4, 0.5) is 0 Å². The third-order valence-corrected chi connectivity index (χ3v) is 2.68. The molecule has 3 nitrogen and oxygen atoms in total. The van der Waals surface area contributed by atoms with E-state index in [-0.39, 0.29) is 6.04 Å². The molecule has 1 aliphatic carbocycles. The van der Waals surface area contributed by atoms with E-state index in [1.165, 1.54) is 12.8 Å². The van der Waals surface area contributed by atoms with Gasteiger partial charge in [-0.1, -0.05) is 12.8 Å². The average molecular weight is 192 g/mol. The van der Waals surface area contributed by atoms with Gasteiger partial charge in [-0.15, -0.1) is 0 Å². The van der Waals surface area contributed by atoms with Gasteiger partial charge in [0, 0.05) is 12.2 Å². The fourth-order valence-electron chi connectivity index (χ4n) is 1.60. The second-order valence-electron chi connectivity index (χ2n) is 3.94. The molecule has 2 N–H and O–H groups in total. The Morgan fingerprint density at radius 2 is 2.36 bits per heavy atom. The van der Waals surface area contributed by atoms with Crippen molar-refractivity contribution in [3.8, 4) is 5.75 Å². The van der Waals surface area contributed by atoms with Crippen LogP contribution >= 0.6 is 0 Å². The van der Waals surface area contributed by atoms with Crippen LogP contribution < -0.4 is 10.5 Å². The van der Waals surface area contributed by atoms with E-state index in [1.807, 2.05) is 12.3 Å². The number of pyridine rings is 1. The predicted molar refractivity (Wildman–Crippen MR) is 55.1 cm³/mol. The minimum atomic E-state index is 0.116. The zero-order valence-electron chi connectivity index (χ0n) is 8.44. The van der Waals surface area contributed by atoms with Gasteiger partial charge in [0.05, 0.1) is 13.3 Å². The number of rotatable bonds is 4. The molecule has 0 spiro atoms. The van der Waals surface area contributed by atoms with E-state index in [4.69, 9.17) is 10.5 Å². The first-order valence-electron chi connectivity index (χ1n) is 5.04. The van der Waals surface area contributed by atoms with Gasteiger partial charge in [0.2, 0.25) is 0 Å². The van der Waals surface area contributed by atoms with E-state index in [0.717, 1.165) is 23.7 Å². The van der Waals surface area contributed by atoms with E-state index >= 15 is 0 Å². The highest BCUT2D eigenvalue weighted by Gasteiger charge is 2.24. The second kappa shape index (κ2) is 3.96. The number of nitrogens with zero attached hydrogens (tertiary/aromatic N) is 1. The van der Waals surface area contributed by atoms with Crippen molar-refractivity contribution in [2.24, 2.45) is 11.7 Å². The molecule has 0 saturated heterocycles. The summed E-state index contributed by atoms with van der Waals surface area (Å²) >= 11 is 0.